The molecule has 0 aliphatic heterocycles. The second-order valence-electron chi connectivity index (χ2n) is 3.92. The lowest BCUT2D eigenvalue weighted by Crippen LogP contribution is -2.15. The molecule has 0 bridgehead atoms. The van der Waals surface area contributed by atoms with Crippen LogP contribution >= 0.6 is 31.9 Å². The Morgan fingerprint density at radius 3 is 2.78 bits per heavy atom. The third kappa shape index (κ3) is 5.01. The average molecular weight is 375 g/mol. The molecule has 1 aromatic rings. The number of terminal acetylenes is 1. The summed E-state index contributed by atoms with van der Waals surface area (Å²) in [5, 5.41) is 3.40. The summed E-state index contributed by atoms with van der Waals surface area (Å²) in [7, 11) is 1.68. The van der Waals surface area contributed by atoms with E-state index in [0.717, 1.165) is 52.6 Å². The van der Waals surface area contributed by atoms with Crippen molar-refractivity contribution in [3.05, 3.63) is 26.6 Å². The first-order valence-electron chi connectivity index (χ1n) is 5.85. The Hall–Kier alpha value is -0.500. The van der Waals surface area contributed by atoms with Gasteiger partial charge in [0, 0.05) is 23.0 Å². The Bertz CT molecular complexity index is 427. The SMILES string of the molecule is C#CCCCCNCc1cc(Br)cc(Br)c1OC. The fourth-order valence-corrected chi connectivity index (χ4v) is 3.15. The number of rotatable bonds is 7. The molecule has 0 saturated carbocycles. The standard InChI is InChI=1S/C14H17Br2NO/c1-3-4-5-6-7-17-10-11-8-12(15)9-13(16)14(11)18-2/h1,8-9,17H,4-7,10H2,2H3. The van der Waals surface area contributed by atoms with Crippen molar-refractivity contribution in [2.45, 2.75) is 25.8 Å². The summed E-state index contributed by atoms with van der Waals surface area (Å²) in [5.41, 5.74) is 1.13. The molecule has 0 amide bonds. The van der Waals surface area contributed by atoms with Gasteiger partial charge in [-0.2, -0.15) is 0 Å². The van der Waals surface area contributed by atoms with Crippen LogP contribution in [0.5, 0.6) is 5.75 Å². The topological polar surface area (TPSA) is 21.3 Å². The van der Waals surface area contributed by atoms with Crippen molar-refractivity contribution in [3.63, 3.8) is 0 Å². The molecule has 98 valence electrons. The molecule has 0 aromatic heterocycles. The van der Waals surface area contributed by atoms with Crippen LogP contribution in [0.2, 0.25) is 0 Å². The van der Waals surface area contributed by atoms with Crippen LogP contribution in [-0.2, 0) is 6.54 Å². The summed E-state index contributed by atoms with van der Waals surface area (Å²) in [4.78, 5) is 0. The molecule has 0 radical (unpaired) electrons. The van der Waals surface area contributed by atoms with E-state index >= 15 is 0 Å². The van der Waals surface area contributed by atoms with Crippen molar-refractivity contribution in [3.8, 4) is 18.1 Å². The summed E-state index contributed by atoms with van der Waals surface area (Å²) >= 11 is 6.98. The van der Waals surface area contributed by atoms with Gasteiger partial charge in [-0.3, -0.25) is 0 Å². The number of nitrogens with one attached hydrogen (secondary N) is 1. The minimum Gasteiger partial charge on any atom is -0.495 e. The molecule has 18 heavy (non-hydrogen) atoms. The molecule has 0 aliphatic rings. The van der Waals surface area contributed by atoms with Crippen LogP contribution in [-0.4, -0.2) is 13.7 Å². The molecule has 1 N–H and O–H groups in total. The fraction of sp³-hybridized carbons (Fsp3) is 0.429. The van der Waals surface area contributed by atoms with Crippen molar-refractivity contribution in [2.24, 2.45) is 0 Å². The van der Waals surface area contributed by atoms with Crippen LogP contribution in [0.3, 0.4) is 0 Å². The van der Waals surface area contributed by atoms with E-state index < -0.39 is 0 Å². The molecule has 0 spiro atoms. The summed E-state index contributed by atoms with van der Waals surface area (Å²) in [6.07, 6.45) is 8.23. The molecule has 0 fully saturated rings. The molecule has 0 heterocycles. The summed E-state index contributed by atoms with van der Waals surface area (Å²) in [6, 6.07) is 4.05. The second kappa shape index (κ2) is 8.58. The van der Waals surface area contributed by atoms with E-state index in [1.807, 2.05) is 6.07 Å². The van der Waals surface area contributed by atoms with Gasteiger partial charge >= 0.3 is 0 Å². The molecule has 0 saturated heterocycles. The van der Waals surface area contributed by atoms with Crippen LogP contribution in [0.15, 0.2) is 21.1 Å². The maximum Gasteiger partial charge on any atom is 0.137 e. The molecule has 2 nitrogen and oxygen atoms in total. The van der Waals surface area contributed by atoms with Gasteiger partial charge in [-0.1, -0.05) is 15.9 Å². The van der Waals surface area contributed by atoms with Gasteiger partial charge in [0.1, 0.15) is 5.75 Å². The summed E-state index contributed by atoms with van der Waals surface area (Å²) in [5.74, 6) is 3.53. The Labute approximate surface area is 126 Å². The van der Waals surface area contributed by atoms with Gasteiger partial charge in [0.05, 0.1) is 11.6 Å². The number of hydrogen-bond donors (Lipinski definition) is 1. The molecule has 1 aromatic carbocycles. The highest BCUT2D eigenvalue weighted by molar-refractivity contribution is 9.11. The lowest BCUT2D eigenvalue weighted by Gasteiger charge is -2.12. The van der Waals surface area contributed by atoms with Crippen LogP contribution < -0.4 is 10.1 Å². The van der Waals surface area contributed by atoms with Crippen LogP contribution in [0.1, 0.15) is 24.8 Å². The Morgan fingerprint density at radius 2 is 2.11 bits per heavy atom. The predicted molar refractivity (Wildman–Crippen MR) is 82.8 cm³/mol. The normalized spacial score (nSPS) is 10.1. The zero-order chi connectivity index (χ0) is 13.4. The van der Waals surface area contributed by atoms with E-state index in [1.54, 1.807) is 7.11 Å². The molecule has 4 heteroatoms. The Kier molecular flexibility index (Phi) is 7.41. The zero-order valence-corrected chi connectivity index (χ0v) is 13.6. The highest BCUT2D eigenvalue weighted by Crippen LogP contribution is 2.32. The minimum absolute atomic E-state index is 0.789. The van der Waals surface area contributed by atoms with Crippen LogP contribution in [0, 0.1) is 12.3 Å². The smallest absolute Gasteiger partial charge is 0.137 e. The van der Waals surface area contributed by atoms with E-state index in [2.05, 4.69) is 49.2 Å². The molecule has 1 rings (SSSR count). The first-order chi connectivity index (χ1) is 8.69. The first-order valence-corrected chi connectivity index (χ1v) is 7.43. The van der Waals surface area contributed by atoms with Gasteiger partial charge in [-0.25, -0.2) is 0 Å². The third-order valence-corrected chi connectivity index (χ3v) is 3.58. The highest BCUT2D eigenvalue weighted by Gasteiger charge is 2.08. The van der Waals surface area contributed by atoms with Crippen LogP contribution in [0.4, 0.5) is 0 Å². The number of hydrogen-bond acceptors (Lipinski definition) is 2. The predicted octanol–water partition coefficient (Wildman–Crippen LogP) is 4.11. The average Bonchev–Trinajstić information content (AvgIpc) is 2.33. The molecular weight excluding hydrogens is 358 g/mol. The molecule has 0 unspecified atom stereocenters. The quantitative estimate of drug-likeness (QED) is 0.572. The minimum atomic E-state index is 0.789. The van der Waals surface area contributed by atoms with Gasteiger partial charge in [0.15, 0.2) is 0 Å². The highest BCUT2D eigenvalue weighted by atomic mass is 79.9. The van der Waals surface area contributed by atoms with Crippen LogP contribution in [0.25, 0.3) is 0 Å². The van der Waals surface area contributed by atoms with Gasteiger partial charge in [0.25, 0.3) is 0 Å². The van der Waals surface area contributed by atoms with Gasteiger partial charge < -0.3 is 10.1 Å². The van der Waals surface area contributed by atoms with Crippen molar-refractivity contribution in [2.75, 3.05) is 13.7 Å². The summed E-state index contributed by atoms with van der Waals surface area (Å²) in [6.45, 7) is 1.76. The number of unbranched alkanes of at least 4 members (excludes halogenated alkanes) is 2. The molecule has 0 aliphatic carbocycles. The fourth-order valence-electron chi connectivity index (χ4n) is 1.67. The monoisotopic (exact) mass is 373 g/mol. The number of halogens is 2. The lowest BCUT2D eigenvalue weighted by atomic mass is 10.2. The van der Waals surface area contributed by atoms with Crippen molar-refractivity contribution < 1.29 is 4.74 Å². The van der Waals surface area contributed by atoms with Gasteiger partial charge in [-0.05, 0) is 47.4 Å². The van der Waals surface area contributed by atoms with Gasteiger partial charge in [-0.15, -0.1) is 12.3 Å². The van der Waals surface area contributed by atoms with Crippen molar-refractivity contribution >= 4 is 31.9 Å². The third-order valence-electron chi connectivity index (χ3n) is 2.53. The number of methoxy groups -OCH3 is 1. The van der Waals surface area contributed by atoms with E-state index in [9.17, 15) is 0 Å². The Balaban J connectivity index is 2.49. The Morgan fingerprint density at radius 1 is 1.33 bits per heavy atom. The van der Waals surface area contributed by atoms with Crippen molar-refractivity contribution in [1.82, 2.24) is 5.32 Å². The van der Waals surface area contributed by atoms with E-state index in [0.29, 0.717) is 0 Å². The lowest BCUT2D eigenvalue weighted by molar-refractivity contribution is 0.404. The van der Waals surface area contributed by atoms with E-state index in [-0.39, 0.29) is 0 Å². The molecule has 0 atom stereocenters. The van der Waals surface area contributed by atoms with Crippen molar-refractivity contribution in [1.29, 1.82) is 0 Å². The first kappa shape index (κ1) is 15.6. The maximum absolute atomic E-state index is 5.39. The maximum atomic E-state index is 5.39. The molecular formula is C14H17Br2NO. The van der Waals surface area contributed by atoms with Gasteiger partial charge in [0.2, 0.25) is 0 Å². The number of benzene rings is 1. The van der Waals surface area contributed by atoms with E-state index in [1.165, 1.54) is 0 Å². The zero-order valence-electron chi connectivity index (χ0n) is 10.4. The van der Waals surface area contributed by atoms with E-state index in [4.69, 9.17) is 11.2 Å². The largest absolute Gasteiger partial charge is 0.495 e. The second-order valence-corrected chi connectivity index (χ2v) is 5.69. The number of ether oxygens (including phenoxy) is 1. The summed E-state index contributed by atoms with van der Waals surface area (Å²) < 4.78 is 7.40.